The van der Waals surface area contributed by atoms with E-state index in [0.717, 1.165) is 23.4 Å². The number of hydrogen-bond donors (Lipinski definition) is 1. The second-order valence-corrected chi connectivity index (χ2v) is 3.81. The Morgan fingerprint density at radius 1 is 1.53 bits per heavy atom. The Labute approximate surface area is 91.6 Å². The van der Waals surface area contributed by atoms with Crippen molar-refractivity contribution in [2.45, 2.75) is 33.2 Å². The van der Waals surface area contributed by atoms with Crippen molar-refractivity contribution in [3.63, 3.8) is 0 Å². The van der Waals surface area contributed by atoms with Crippen LogP contribution in [-0.4, -0.2) is 17.2 Å². The van der Waals surface area contributed by atoms with Crippen LogP contribution in [0.5, 0.6) is 0 Å². The van der Waals surface area contributed by atoms with Crippen LogP contribution >= 0.6 is 0 Å². The van der Waals surface area contributed by atoms with Crippen LogP contribution in [0.25, 0.3) is 0 Å². The first-order chi connectivity index (χ1) is 7.10. The van der Waals surface area contributed by atoms with Crippen molar-refractivity contribution in [2.75, 3.05) is 7.05 Å². The molecule has 0 aromatic carbocycles. The molecule has 0 aliphatic rings. The van der Waals surface area contributed by atoms with Gasteiger partial charge >= 0.3 is 0 Å². The van der Waals surface area contributed by atoms with Crippen LogP contribution in [-0.2, 0) is 6.42 Å². The Hall–Kier alpha value is -1.22. The van der Waals surface area contributed by atoms with E-state index >= 15 is 0 Å². The molecule has 0 aliphatic carbocycles. The van der Waals surface area contributed by atoms with E-state index in [0.29, 0.717) is 0 Å². The van der Waals surface area contributed by atoms with E-state index in [9.17, 15) is 0 Å². The minimum Gasteiger partial charge on any atom is -0.310 e. The normalized spacial score (nSPS) is 12.5. The SMILES string of the molecule is C=C(C)C(NC)c1cc(C)nnc1CC. The first-order valence-corrected chi connectivity index (χ1v) is 5.25. The van der Waals surface area contributed by atoms with Crippen LogP contribution in [0.15, 0.2) is 18.2 Å². The molecule has 3 heteroatoms. The van der Waals surface area contributed by atoms with Crippen molar-refractivity contribution in [2.24, 2.45) is 0 Å². The summed E-state index contributed by atoms with van der Waals surface area (Å²) < 4.78 is 0. The minimum atomic E-state index is 0.175. The van der Waals surface area contributed by atoms with E-state index in [-0.39, 0.29) is 6.04 Å². The molecule has 0 spiro atoms. The van der Waals surface area contributed by atoms with Crippen LogP contribution in [0.4, 0.5) is 0 Å². The fourth-order valence-electron chi connectivity index (χ4n) is 1.73. The van der Waals surface area contributed by atoms with E-state index in [1.165, 1.54) is 5.56 Å². The van der Waals surface area contributed by atoms with Crippen LogP contribution in [0.2, 0.25) is 0 Å². The maximum atomic E-state index is 4.22. The van der Waals surface area contributed by atoms with Gasteiger partial charge in [0.2, 0.25) is 0 Å². The highest BCUT2D eigenvalue weighted by Crippen LogP contribution is 2.22. The average molecular weight is 205 g/mol. The molecule has 1 N–H and O–H groups in total. The average Bonchev–Trinajstić information content (AvgIpc) is 2.18. The number of nitrogens with one attached hydrogen (secondary N) is 1. The molecule has 0 saturated carbocycles. The van der Waals surface area contributed by atoms with Gasteiger partial charge in [-0.05, 0) is 38.9 Å². The number of aryl methyl sites for hydroxylation is 2. The Balaban J connectivity index is 3.19. The molecule has 0 radical (unpaired) electrons. The van der Waals surface area contributed by atoms with E-state index in [1.54, 1.807) is 0 Å². The Kier molecular flexibility index (Phi) is 3.97. The molecular formula is C12H19N3. The zero-order valence-corrected chi connectivity index (χ0v) is 9.96. The molecule has 0 bridgehead atoms. The lowest BCUT2D eigenvalue weighted by Crippen LogP contribution is -2.19. The molecule has 0 saturated heterocycles. The summed E-state index contributed by atoms with van der Waals surface area (Å²) in [5.41, 5.74) is 4.28. The molecule has 1 aromatic heterocycles. The van der Waals surface area contributed by atoms with Gasteiger partial charge in [0.05, 0.1) is 17.4 Å². The van der Waals surface area contributed by atoms with Crippen molar-refractivity contribution in [3.8, 4) is 0 Å². The highest BCUT2D eigenvalue weighted by molar-refractivity contribution is 5.30. The van der Waals surface area contributed by atoms with E-state index in [2.05, 4.69) is 35.1 Å². The standard InChI is InChI=1S/C12H19N3/c1-6-11-10(7-9(4)14-15-11)12(13-5)8(2)3/h7,12-13H,2,6H2,1,3-5H3. The lowest BCUT2D eigenvalue weighted by molar-refractivity contribution is 0.658. The second kappa shape index (κ2) is 5.03. The summed E-state index contributed by atoms with van der Waals surface area (Å²) in [6, 6.07) is 2.26. The van der Waals surface area contributed by atoms with Crippen molar-refractivity contribution in [1.29, 1.82) is 0 Å². The summed E-state index contributed by atoms with van der Waals surface area (Å²) >= 11 is 0. The molecule has 1 unspecified atom stereocenters. The molecule has 1 heterocycles. The van der Waals surface area contributed by atoms with Crippen LogP contribution < -0.4 is 5.32 Å². The summed E-state index contributed by atoms with van der Waals surface area (Å²) in [6.07, 6.45) is 0.897. The van der Waals surface area contributed by atoms with Crippen LogP contribution in [0.1, 0.15) is 36.8 Å². The minimum absolute atomic E-state index is 0.175. The topological polar surface area (TPSA) is 37.8 Å². The van der Waals surface area contributed by atoms with Crippen LogP contribution in [0, 0.1) is 6.92 Å². The molecule has 1 aromatic rings. The fraction of sp³-hybridized carbons (Fsp3) is 0.500. The molecule has 0 amide bonds. The number of likely N-dealkylation sites (N-methyl/N-ethyl adjacent to an activating group) is 1. The number of rotatable bonds is 4. The zero-order chi connectivity index (χ0) is 11.4. The molecule has 82 valence electrons. The van der Waals surface area contributed by atoms with Gasteiger partial charge in [-0.15, -0.1) is 0 Å². The number of nitrogens with zero attached hydrogens (tertiary/aromatic N) is 2. The molecular weight excluding hydrogens is 186 g/mol. The molecule has 0 aliphatic heterocycles. The van der Waals surface area contributed by atoms with E-state index < -0.39 is 0 Å². The van der Waals surface area contributed by atoms with Crippen molar-refractivity contribution >= 4 is 0 Å². The van der Waals surface area contributed by atoms with Gasteiger partial charge < -0.3 is 5.32 Å². The van der Waals surface area contributed by atoms with Gasteiger partial charge in [0, 0.05) is 0 Å². The smallest absolute Gasteiger partial charge is 0.0679 e. The van der Waals surface area contributed by atoms with E-state index in [1.807, 2.05) is 20.9 Å². The predicted octanol–water partition coefficient (Wildman–Crippen LogP) is 2.18. The lowest BCUT2D eigenvalue weighted by Gasteiger charge is -2.19. The van der Waals surface area contributed by atoms with Crippen molar-refractivity contribution in [1.82, 2.24) is 15.5 Å². The van der Waals surface area contributed by atoms with Gasteiger partial charge in [-0.25, -0.2) is 0 Å². The fourth-order valence-corrected chi connectivity index (χ4v) is 1.73. The number of aromatic nitrogens is 2. The summed E-state index contributed by atoms with van der Waals surface area (Å²) in [5.74, 6) is 0. The molecule has 15 heavy (non-hydrogen) atoms. The van der Waals surface area contributed by atoms with E-state index in [4.69, 9.17) is 0 Å². The van der Waals surface area contributed by atoms with Crippen molar-refractivity contribution in [3.05, 3.63) is 35.2 Å². The third-order valence-corrected chi connectivity index (χ3v) is 2.45. The van der Waals surface area contributed by atoms with Gasteiger partial charge in [0.25, 0.3) is 0 Å². The molecule has 0 fully saturated rings. The molecule has 3 nitrogen and oxygen atoms in total. The molecule has 1 atom stereocenters. The first-order valence-electron chi connectivity index (χ1n) is 5.25. The van der Waals surface area contributed by atoms with Gasteiger partial charge in [0.15, 0.2) is 0 Å². The monoisotopic (exact) mass is 205 g/mol. The lowest BCUT2D eigenvalue weighted by atomic mass is 9.98. The van der Waals surface area contributed by atoms with Gasteiger partial charge in [-0.2, -0.15) is 10.2 Å². The van der Waals surface area contributed by atoms with Gasteiger partial charge in [-0.1, -0.05) is 19.1 Å². The maximum Gasteiger partial charge on any atom is 0.0679 e. The third-order valence-electron chi connectivity index (χ3n) is 2.45. The Morgan fingerprint density at radius 2 is 2.20 bits per heavy atom. The highest BCUT2D eigenvalue weighted by atomic mass is 15.1. The highest BCUT2D eigenvalue weighted by Gasteiger charge is 2.15. The quantitative estimate of drug-likeness (QED) is 0.766. The van der Waals surface area contributed by atoms with Gasteiger partial charge in [-0.3, -0.25) is 0 Å². The van der Waals surface area contributed by atoms with Crippen molar-refractivity contribution < 1.29 is 0 Å². The zero-order valence-electron chi connectivity index (χ0n) is 9.96. The summed E-state index contributed by atoms with van der Waals surface area (Å²) in [7, 11) is 1.94. The number of hydrogen-bond acceptors (Lipinski definition) is 3. The Morgan fingerprint density at radius 3 is 2.67 bits per heavy atom. The van der Waals surface area contributed by atoms with Crippen LogP contribution in [0.3, 0.4) is 0 Å². The Bertz CT molecular complexity index is 358. The largest absolute Gasteiger partial charge is 0.310 e. The summed E-state index contributed by atoms with van der Waals surface area (Å²) in [4.78, 5) is 0. The summed E-state index contributed by atoms with van der Waals surface area (Å²) in [5, 5.41) is 11.5. The summed E-state index contributed by atoms with van der Waals surface area (Å²) in [6.45, 7) is 10.1. The predicted molar refractivity (Wildman–Crippen MR) is 62.8 cm³/mol. The third kappa shape index (κ3) is 2.63. The maximum absolute atomic E-state index is 4.22. The molecule has 1 rings (SSSR count). The van der Waals surface area contributed by atoms with Gasteiger partial charge in [0.1, 0.15) is 0 Å². The first kappa shape index (κ1) is 11.9. The second-order valence-electron chi connectivity index (χ2n) is 3.81.